The molecule has 1 unspecified atom stereocenters. The number of benzene rings is 1. The number of nitrogens with one attached hydrogen (secondary N) is 1. The van der Waals surface area contributed by atoms with Gasteiger partial charge in [-0.25, -0.2) is 13.8 Å². The Bertz CT molecular complexity index is 1420. The minimum Gasteiger partial charge on any atom is -0.385 e. The van der Waals surface area contributed by atoms with E-state index in [9.17, 15) is 28.6 Å². The Hall–Kier alpha value is -2.32. The van der Waals surface area contributed by atoms with Crippen LogP contribution in [0.15, 0.2) is 42.2 Å². The van der Waals surface area contributed by atoms with Crippen LogP contribution in [0.3, 0.4) is 0 Å². The van der Waals surface area contributed by atoms with Gasteiger partial charge in [0.15, 0.2) is 35.3 Å². The number of rotatable bonds is 13. The number of halogens is 3. The number of aliphatic hydroxyl groups is 2. The molecule has 0 radical (unpaired) electrons. The summed E-state index contributed by atoms with van der Waals surface area (Å²) >= 11 is 6.01. The average Bonchev–Trinajstić information content (AvgIpc) is 3.27. The largest absolute Gasteiger partial charge is 0.385 e. The van der Waals surface area contributed by atoms with Crippen molar-refractivity contribution in [1.29, 1.82) is 0 Å². The van der Waals surface area contributed by atoms with Crippen LogP contribution in [0.1, 0.15) is 25.1 Å². The number of nitrogens with zero attached hydrogens (tertiary/aromatic N) is 4. The normalized spacial score (nSPS) is 16.6. The van der Waals surface area contributed by atoms with Gasteiger partial charge in [-0.1, -0.05) is 25.1 Å². The first-order chi connectivity index (χ1) is 18.2. The van der Waals surface area contributed by atoms with Gasteiger partial charge in [0.05, 0.1) is 12.9 Å². The molecule has 2 heterocycles. The molecule has 0 saturated carbocycles. The summed E-state index contributed by atoms with van der Waals surface area (Å²) in [5.41, 5.74) is 0.477. The summed E-state index contributed by atoms with van der Waals surface area (Å²) in [6.45, 7) is 0.976. The van der Waals surface area contributed by atoms with Gasteiger partial charge in [0.25, 0.3) is 0 Å². The molecular weight excluding hydrogens is 586 g/mol. The molecule has 18 heteroatoms. The standard InChI is InChI=1S/C21H26ClF2N5O8P2/c1-2-3-13(9-37-39(35,36)11-38(32,33)34)17(30)15(24)20(31)29-10-26-16-18(27-21(22)28-19(16)29)25-8-12-4-6-14(23)7-5-12/h3-7,10,15,17,20,30-31H,2,8-9,11H2,1H3,(H,35,36)(H,25,27,28)(H2,32,33,34)/b13-3-/t15-,17+,20+/m0/s1. The number of aromatic nitrogens is 4. The van der Waals surface area contributed by atoms with Gasteiger partial charge in [-0.05, 0) is 41.3 Å². The van der Waals surface area contributed by atoms with E-state index in [2.05, 4.69) is 24.8 Å². The number of anilines is 1. The molecule has 1 aromatic carbocycles. The fourth-order valence-electron chi connectivity index (χ4n) is 3.49. The maximum Gasteiger partial charge on any atom is 0.340 e. The second-order valence-electron chi connectivity index (χ2n) is 8.35. The molecule has 4 atom stereocenters. The van der Waals surface area contributed by atoms with E-state index in [0.29, 0.717) is 5.56 Å². The second kappa shape index (κ2) is 12.9. The molecule has 0 aliphatic carbocycles. The summed E-state index contributed by atoms with van der Waals surface area (Å²) in [6.07, 6.45) is -4.01. The van der Waals surface area contributed by atoms with Crippen LogP contribution >= 0.6 is 26.8 Å². The Morgan fingerprint density at radius 3 is 2.49 bits per heavy atom. The van der Waals surface area contributed by atoms with Crippen molar-refractivity contribution in [1.82, 2.24) is 19.5 Å². The Labute approximate surface area is 225 Å². The van der Waals surface area contributed by atoms with E-state index in [0.717, 1.165) is 10.9 Å². The van der Waals surface area contributed by atoms with Crippen LogP contribution in [0.25, 0.3) is 11.2 Å². The number of allylic oxidation sites excluding steroid dienone is 1. The molecule has 6 N–H and O–H groups in total. The molecule has 2 aromatic heterocycles. The van der Waals surface area contributed by atoms with Crippen molar-refractivity contribution in [2.75, 3.05) is 17.8 Å². The summed E-state index contributed by atoms with van der Waals surface area (Å²) in [5.74, 6) is -1.73. The summed E-state index contributed by atoms with van der Waals surface area (Å²) in [6, 6.07) is 5.65. The van der Waals surface area contributed by atoms with Gasteiger partial charge in [-0.15, -0.1) is 0 Å². The van der Waals surface area contributed by atoms with E-state index in [1.165, 1.54) is 18.2 Å². The number of alkyl halides is 1. The monoisotopic (exact) mass is 611 g/mol. The van der Waals surface area contributed by atoms with Crippen molar-refractivity contribution in [2.24, 2.45) is 0 Å². The number of imidazole rings is 1. The third-order valence-corrected chi connectivity index (χ3v) is 8.89. The molecular formula is C21H26ClF2N5O8P2. The van der Waals surface area contributed by atoms with Crippen molar-refractivity contribution in [2.45, 2.75) is 38.4 Å². The van der Waals surface area contributed by atoms with Crippen LogP contribution in [0.4, 0.5) is 14.6 Å². The third kappa shape index (κ3) is 8.58. The van der Waals surface area contributed by atoms with Gasteiger partial charge in [0.2, 0.25) is 5.28 Å². The Morgan fingerprint density at radius 2 is 1.87 bits per heavy atom. The van der Waals surface area contributed by atoms with Crippen molar-refractivity contribution < 1.29 is 47.3 Å². The Balaban J connectivity index is 1.79. The van der Waals surface area contributed by atoms with Crippen molar-refractivity contribution in [3.63, 3.8) is 0 Å². The van der Waals surface area contributed by atoms with Crippen LogP contribution < -0.4 is 5.32 Å². The van der Waals surface area contributed by atoms with Gasteiger partial charge in [0, 0.05) is 6.54 Å². The van der Waals surface area contributed by atoms with Gasteiger partial charge in [-0.3, -0.25) is 13.7 Å². The number of hydrogen-bond donors (Lipinski definition) is 6. The van der Waals surface area contributed by atoms with E-state index in [4.69, 9.17) is 21.4 Å². The lowest BCUT2D eigenvalue weighted by molar-refractivity contribution is -0.0352. The molecule has 39 heavy (non-hydrogen) atoms. The quantitative estimate of drug-likeness (QED) is 0.0938. The molecule has 0 aliphatic heterocycles. The number of fused-ring (bicyclic) bond motifs is 1. The molecule has 3 aromatic rings. The number of aliphatic hydroxyl groups excluding tert-OH is 2. The SMILES string of the molecule is CC/C=C(/COP(=O)(O)CP(=O)(O)O)[C@@H](O)[C@H](F)[C@@H](O)n1cnc2c(NCc3ccc(F)cc3)nc(Cl)nc21. The van der Waals surface area contributed by atoms with Gasteiger partial charge < -0.3 is 34.7 Å². The number of hydrogen-bond acceptors (Lipinski definition) is 9. The Morgan fingerprint density at radius 1 is 1.21 bits per heavy atom. The molecule has 214 valence electrons. The molecule has 0 aliphatic rings. The Kier molecular flexibility index (Phi) is 10.3. The zero-order valence-corrected chi connectivity index (χ0v) is 22.8. The lowest BCUT2D eigenvalue weighted by atomic mass is 10.0. The lowest BCUT2D eigenvalue weighted by Gasteiger charge is -2.25. The van der Waals surface area contributed by atoms with Gasteiger partial charge in [0.1, 0.15) is 11.9 Å². The predicted molar refractivity (Wildman–Crippen MR) is 137 cm³/mol. The fourth-order valence-corrected chi connectivity index (χ4v) is 6.20. The summed E-state index contributed by atoms with van der Waals surface area (Å²) in [7, 11) is -9.68. The minimum absolute atomic E-state index is 0.0854. The van der Waals surface area contributed by atoms with Crippen LogP contribution in [0.5, 0.6) is 0 Å². The van der Waals surface area contributed by atoms with Crippen LogP contribution in [0, 0.1) is 5.82 Å². The van der Waals surface area contributed by atoms with Crippen LogP contribution in [-0.2, 0) is 20.2 Å². The summed E-state index contributed by atoms with van der Waals surface area (Å²) in [5, 5.41) is 24.0. The smallest absolute Gasteiger partial charge is 0.340 e. The highest BCUT2D eigenvalue weighted by Gasteiger charge is 2.35. The molecule has 3 rings (SSSR count). The predicted octanol–water partition coefficient (Wildman–Crippen LogP) is 3.09. The van der Waals surface area contributed by atoms with E-state index < -0.39 is 52.0 Å². The van der Waals surface area contributed by atoms with Gasteiger partial charge >= 0.3 is 15.2 Å². The maximum absolute atomic E-state index is 15.3. The topological polar surface area (TPSA) is 200 Å². The second-order valence-corrected chi connectivity index (χ2v) is 12.7. The highest BCUT2D eigenvalue weighted by molar-refractivity contribution is 7.70. The first-order valence-electron chi connectivity index (χ1n) is 11.3. The highest BCUT2D eigenvalue weighted by atomic mass is 35.5. The molecule has 13 nitrogen and oxygen atoms in total. The van der Waals surface area contributed by atoms with E-state index in [1.54, 1.807) is 19.1 Å². The molecule has 0 saturated heterocycles. The van der Waals surface area contributed by atoms with Crippen LogP contribution in [0.2, 0.25) is 5.28 Å². The van der Waals surface area contributed by atoms with Crippen molar-refractivity contribution in [3.05, 3.63) is 58.9 Å². The lowest BCUT2D eigenvalue weighted by Crippen LogP contribution is -2.34. The summed E-state index contributed by atoms with van der Waals surface area (Å²) in [4.78, 5) is 39.6. The minimum atomic E-state index is -4.90. The molecule has 0 spiro atoms. The zero-order chi connectivity index (χ0) is 29.0. The van der Waals surface area contributed by atoms with Crippen LogP contribution in [-0.4, -0.2) is 69.2 Å². The summed E-state index contributed by atoms with van der Waals surface area (Å²) < 4.78 is 57.1. The molecule has 0 amide bonds. The highest BCUT2D eigenvalue weighted by Crippen LogP contribution is 2.55. The van der Waals surface area contributed by atoms with Crippen molar-refractivity contribution in [3.8, 4) is 0 Å². The average molecular weight is 612 g/mol. The van der Waals surface area contributed by atoms with E-state index >= 15 is 4.39 Å². The van der Waals surface area contributed by atoms with Gasteiger partial charge in [-0.2, -0.15) is 9.97 Å². The zero-order valence-electron chi connectivity index (χ0n) is 20.3. The first kappa shape index (κ1) is 31.2. The van der Waals surface area contributed by atoms with E-state index in [-0.39, 0.29) is 40.8 Å². The molecule has 0 fully saturated rings. The molecule has 0 bridgehead atoms. The third-order valence-electron chi connectivity index (χ3n) is 5.28. The van der Waals surface area contributed by atoms with E-state index in [1.807, 2.05) is 0 Å². The first-order valence-corrected chi connectivity index (χ1v) is 15.2. The maximum atomic E-state index is 15.3. The van der Waals surface area contributed by atoms with Crippen molar-refractivity contribution >= 4 is 43.8 Å². The fraction of sp³-hybridized carbons (Fsp3) is 0.381.